The number of carbonyl (C=O) groups excluding carboxylic acids is 4. The molecule has 0 spiro atoms. The van der Waals surface area contributed by atoms with Crippen LogP contribution in [0, 0.1) is 0 Å². The molecular formula is C25H37N3O8. The van der Waals surface area contributed by atoms with E-state index in [9.17, 15) is 19.2 Å². The standard InChI is InChI=1S/C25H37N3O8/c1-8-33-19(29)25(26-20(30)34-14-18-12-10-9-11-13-18)15-27(21(31)35-23(2,3)4)17-28(16-25)22(32)36-24(5,6)7/h9-13H,8,14-17H2,1-7H3,(H,26,30). The van der Waals surface area contributed by atoms with Gasteiger partial charge in [0.15, 0.2) is 5.54 Å². The number of carbonyl (C=O) groups is 4. The van der Waals surface area contributed by atoms with Crippen molar-refractivity contribution in [2.75, 3.05) is 26.4 Å². The van der Waals surface area contributed by atoms with Crippen molar-refractivity contribution in [2.45, 2.75) is 71.8 Å². The largest absolute Gasteiger partial charge is 0.464 e. The third-order valence-corrected chi connectivity index (χ3v) is 4.79. The van der Waals surface area contributed by atoms with Crippen molar-refractivity contribution in [1.82, 2.24) is 15.1 Å². The lowest BCUT2D eigenvalue weighted by atomic mass is 9.96. The molecule has 1 saturated heterocycles. The molecule has 1 aliphatic heterocycles. The Kier molecular flexibility index (Phi) is 9.17. The first-order valence-corrected chi connectivity index (χ1v) is 11.8. The predicted octanol–water partition coefficient (Wildman–Crippen LogP) is 3.66. The lowest BCUT2D eigenvalue weighted by Crippen LogP contribution is -2.72. The number of ether oxygens (including phenoxy) is 4. The number of rotatable bonds is 5. The number of hydrogen-bond acceptors (Lipinski definition) is 8. The Morgan fingerprint density at radius 2 is 1.36 bits per heavy atom. The maximum atomic E-state index is 13.2. The first-order chi connectivity index (χ1) is 16.6. The van der Waals surface area contributed by atoms with Crippen LogP contribution < -0.4 is 5.32 Å². The molecule has 1 N–H and O–H groups in total. The number of amides is 3. The number of alkyl carbamates (subject to hydrolysis) is 1. The molecule has 200 valence electrons. The van der Waals surface area contributed by atoms with Crippen molar-refractivity contribution in [2.24, 2.45) is 0 Å². The van der Waals surface area contributed by atoms with Crippen LogP contribution in [0.25, 0.3) is 0 Å². The fourth-order valence-electron chi connectivity index (χ4n) is 3.39. The van der Waals surface area contributed by atoms with E-state index >= 15 is 0 Å². The molecule has 0 unspecified atom stereocenters. The summed E-state index contributed by atoms with van der Waals surface area (Å²) < 4.78 is 21.5. The van der Waals surface area contributed by atoms with Gasteiger partial charge in [0, 0.05) is 0 Å². The minimum atomic E-state index is -1.82. The third kappa shape index (κ3) is 8.62. The molecule has 1 aliphatic rings. The highest BCUT2D eigenvalue weighted by Gasteiger charge is 2.51. The molecule has 0 radical (unpaired) electrons. The quantitative estimate of drug-likeness (QED) is 0.473. The minimum absolute atomic E-state index is 0.0141. The zero-order chi connectivity index (χ0) is 27.1. The first-order valence-electron chi connectivity index (χ1n) is 11.8. The van der Waals surface area contributed by atoms with Crippen molar-refractivity contribution in [3.8, 4) is 0 Å². The molecular weight excluding hydrogens is 470 g/mol. The first kappa shape index (κ1) is 28.7. The molecule has 11 heteroatoms. The molecule has 1 fully saturated rings. The van der Waals surface area contributed by atoms with E-state index in [1.165, 1.54) is 0 Å². The summed E-state index contributed by atoms with van der Waals surface area (Å²) in [6, 6.07) is 9.00. The highest BCUT2D eigenvalue weighted by Crippen LogP contribution is 2.24. The molecule has 0 bridgehead atoms. The van der Waals surface area contributed by atoms with Crippen LogP contribution >= 0.6 is 0 Å². The Morgan fingerprint density at radius 3 is 1.81 bits per heavy atom. The van der Waals surface area contributed by atoms with Crippen LogP contribution in [0.15, 0.2) is 30.3 Å². The smallest absolute Gasteiger partial charge is 0.411 e. The van der Waals surface area contributed by atoms with E-state index in [-0.39, 0.29) is 33.0 Å². The molecule has 11 nitrogen and oxygen atoms in total. The summed E-state index contributed by atoms with van der Waals surface area (Å²) >= 11 is 0. The van der Waals surface area contributed by atoms with Gasteiger partial charge in [-0.25, -0.2) is 19.2 Å². The van der Waals surface area contributed by atoms with Crippen molar-refractivity contribution in [3.63, 3.8) is 0 Å². The maximum absolute atomic E-state index is 13.2. The fourth-order valence-corrected chi connectivity index (χ4v) is 3.39. The summed E-state index contributed by atoms with van der Waals surface area (Å²) in [7, 11) is 0. The second-order valence-electron chi connectivity index (χ2n) is 10.5. The SMILES string of the molecule is CCOC(=O)C1(NC(=O)OCc2ccccc2)CN(C(=O)OC(C)(C)C)CN(C(=O)OC(C)(C)C)C1. The normalized spacial score (nSPS) is 15.5. The molecule has 3 amide bonds. The molecule has 1 aromatic carbocycles. The zero-order valence-electron chi connectivity index (χ0n) is 22.1. The lowest BCUT2D eigenvalue weighted by Gasteiger charge is -2.45. The summed E-state index contributed by atoms with van der Waals surface area (Å²) in [5.74, 6) is -0.830. The van der Waals surface area contributed by atoms with E-state index < -0.39 is 41.0 Å². The second kappa shape index (κ2) is 11.5. The summed E-state index contributed by atoms with van der Waals surface area (Å²) in [4.78, 5) is 54.2. The van der Waals surface area contributed by atoms with Gasteiger partial charge < -0.3 is 24.3 Å². The van der Waals surface area contributed by atoms with Crippen LogP contribution in [0.3, 0.4) is 0 Å². The zero-order valence-corrected chi connectivity index (χ0v) is 22.1. The van der Waals surface area contributed by atoms with E-state index in [4.69, 9.17) is 18.9 Å². The topological polar surface area (TPSA) is 124 Å². The summed E-state index contributed by atoms with van der Waals surface area (Å²) in [5.41, 5.74) is -2.75. The maximum Gasteiger partial charge on any atom is 0.411 e. The fraction of sp³-hybridized carbons (Fsp3) is 0.600. The average Bonchev–Trinajstić information content (AvgIpc) is 2.76. The van der Waals surface area contributed by atoms with Gasteiger partial charge >= 0.3 is 24.2 Å². The molecule has 0 aromatic heterocycles. The van der Waals surface area contributed by atoms with Crippen LogP contribution in [0.2, 0.25) is 0 Å². The van der Waals surface area contributed by atoms with Gasteiger partial charge in [0.25, 0.3) is 0 Å². The average molecular weight is 508 g/mol. The van der Waals surface area contributed by atoms with Gasteiger partial charge in [-0.3, -0.25) is 9.80 Å². The van der Waals surface area contributed by atoms with Crippen LogP contribution in [0.5, 0.6) is 0 Å². The lowest BCUT2D eigenvalue weighted by molar-refractivity contribution is -0.155. The van der Waals surface area contributed by atoms with Crippen LogP contribution in [0.4, 0.5) is 14.4 Å². The van der Waals surface area contributed by atoms with Crippen molar-refractivity contribution in [3.05, 3.63) is 35.9 Å². The van der Waals surface area contributed by atoms with Crippen LogP contribution in [-0.2, 0) is 30.3 Å². The molecule has 1 heterocycles. The third-order valence-electron chi connectivity index (χ3n) is 4.79. The van der Waals surface area contributed by atoms with Gasteiger partial charge in [-0.2, -0.15) is 0 Å². The van der Waals surface area contributed by atoms with Crippen molar-refractivity contribution >= 4 is 24.2 Å². The van der Waals surface area contributed by atoms with Crippen LogP contribution in [-0.4, -0.2) is 77.2 Å². The number of hydrogen-bond donors (Lipinski definition) is 1. The van der Waals surface area contributed by atoms with Gasteiger partial charge in [0.1, 0.15) is 24.5 Å². The van der Waals surface area contributed by atoms with Gasteiger partial charge in [0.05, 0.1) is 19.7 Å². The molecule has 1 aromatic rings. The summed E-state index contributed by atoms with van der Waals surface area (Å²) in [6.07, 6.45) is -2.46. The molecule has 36 heavy (non-hydrogen) atoms. The van der Waals surface area contributed by atoms with Gasteiger partial charge in [0.2, 0.25) is 0 Å². The van der Waals surface area contributed by atoms with Gasteiger partial charge in [-0.1, -0.05) is 30.3 Å². The predicted molar refractivity (Wildman–Crippen MR) is 130 cm³/mol. The number of nitrogens with one attached hydrogen (secondary N) is 1. The highest BCUT2D eigenvalue weighted by molar-refractivity contribution is 5.88. The Hall–Kier alpha value is -3.50. The van der Waals surface area contributed by atoms with E-state index in [1.54, 1.807) is 72.7 Å². The van der Waals surface area contributed by atoms with E-state index in [1.807, 2.05) is 6.07 Å². The van der Waals surface area contributed by atoms with E-state index in [0.29, 0.717) is 0 Å². The van der Waals surface area contributed by atoms with Crippen molar-refractivity contribution < 1.29 is 38.1 Å². The molecule has 0 atom stereocenters. The molecule has 0 saturated carbocycles. The Labute approximate surface area is 212 Å². The van der Waals surface area contributed by atoms with E-state index in [2.05, 4.69) is 5.32 Å². The molecule has 0 aliphatic carbocycles. The number of esters is 1. The Morgan fingerprint density at radius 1 is 0.861 bits per heavy atom. The Bertz CT molecular complexity index is 901. The van der Waals surface area contributed by atoms with Crippen LogP contribution in [0.1, 0.15) is 54.0 Å². The summed E-state index contributed by atoms with van der Waals surface area (Å²) in [5, 5.41) is 2.55. The van der Waals surface area contributed by atoms with Gasteiger partial charge in [-0.15, -0.1) is 0 Å². The van der Waals surface area contributed by atoms with E-state index in [0.717, 1.165) is 15.4 Å². The summed E-state index contributed by atoms with van der Waals surface area (Å²) in [6.45, 7) is 10.9. The highest BCUT2D eigenvalue weighted by atomic mass is 16.6. The minimum Gasteiger partial charge on any atom is -0.464 e. The monoisotopic (exact) mass is 507 g/mol. The molecule has 2 rings (SSSR count). The van der Waals surface area contributed by atoms with Crippen molar-refractivity contribution in [1.29, 1.82) is 0 Å². The number of benzene rings is 1. The van der Waals surface area contributed by atoms with Gasteiger partial charge in [-0.05, 0) is 54.0 Å². The number of nitrogens with zero attached hydrogens (tertiary/aromatic N) is 2. The second-order valence-corrected chi connectivity index (χ2v) is 10.5. The Balaban J connectivity index is 2.36.